The average Bonchev–Trinajstić information content (AvgIpc) is 3.78. The average molecular weight is 594 g/mol. The van der Waals surface area contributed by atoms with E-state index in [1.54, 1.807) is 11.3 Å². The third-order valence-electron chi connectivity index (χ3n) is 8.83. The van der Waals surface area contributed by atoms with Crippen molar-refractivity contribution in [2.45, 2.75) is 0 Å². The first kappa shape index (κ1) is 24.6. The summed E-state index contributed by atoms with van der Waals surface area (Å²) in [5.74, 6) is 0.725. The molecule has 6 aromatic carbocycles. The standard InChI is InChI=1S/C40H23N3OS/c1-2-12-24(13-3-1)40-41-36(39-37(42-40)29-17-7-11-21-34(29)45-39)28-16-5-9-19-31(28)43-30-18-8-4-15-27(30)35-32(43)23-22-26-25-14-6-10-20-33(25)44-38(26)35/h1-23H. The van der Waals surface area contributed by atoms with E-state index in [1.165, 1.54) is 4.70 Å². The van der Waals surface area contributed by atoms with Gasteiger partial charge in [0.25, 0.3) is 0 Å². The monoisotopic (exact) mass is 593 g/mol. The van der Waals surface area contributed by atoms with E-state index in [1.807, 2.05) is 30.3 Å². The number of hydrogen-bond acceptors (Lipinski definition) is 4. The molecule has 4 aromatic heterocycles. The van der Waals surface area contributed by atoms with E-state index in [9.17, 15) is 0 Å². The molecule has 0 bridgehead atoms. The van der Waals surface area contributed by atoms with Gasteiger partial charge in [-0.3, -0.25) is 0 Å². The van der Waals surface area contributed by atoms with E-state index in [2.05, 4.69) is 114 Å². The summed E-state index contributed by atoms with van der Waals surface area (Å²) in [7, 11) is 0. The first-order valence-electron chi connectivity index (χ1n) is 15.0. The van der Waals surface area contributed by atoms with Crippen molar-refractivity contribution in [1.82, 2.24) is 14.5 Å². The summed E-state index contributed by atoms with van der Waals surface area (Å²) in [5, 5.41) is 5.69. The van der Waals surface area contributed by atoms with Crippen LogP contribution in [0.4, 0.5) is 0 Å². The van der Waals surface area contributed by atoms with Crippen LogP contribution in [0.3, 0.4) is 0 Å². The van der Waals surface area contributed by atoms with Gasteiger partial charge in [-0.1, -0.05) is 103 Å². The van der Waals surface area contributed by atoms with Crippen molar-refractivity contribution in [2.75, 3.05) is 0 Å². The van der Waals surface area contributed by atoms with Gasteiger partial charge in [0.15, 0.2) is 5.82 Å². The van der Waals surface area contributed by atoms with E-state index >= 15 is 0 Å². The van der Waals surface area contributed by atoms with Crippen LogP contribution in [0.5, 0.6) is 0 Å². The lowest BCUT2D eigenvalue weighted by Gasteiger charge is -2.15. The molecule has 0 unspecified atom stereocenters. The Kier molecular flexibility index (Phi) is 5.12. The molecule has 5 heteroatoms. The molecular weight excluding hydrogens is 571 g/mol. The summed E-state index contributed by atoms with van der Waals surface area (Å²) in [6.45, 7) is 0. The number of rotatable bonds is 3. The van der Waals surface area contributed by atoms with Gasteiger partial charge in [0.2, 0.25) is 0 Å². The third kappa shape index (κ3) is 3.53. The summed E-state index contributed by atoms with van der Waals surface area (Å²) in [5.41, 5.74) is 9.08. The molecule has 4 heterocycles. The zero-order valence-corrected chi connectivity index (χ0v) is 24.8. The van der Waals surface area contributed by atoms with Crippen molar-refractivity contribution in [1.29, 1.82) is 0 Å². The van der Waals surface area contributed by atoms with E-state index in [0.29, 0.717) is 0 Å². The number of para-hydroxylation sites is 3. The molecule has 10 rings (SSSR count). The van der Waals surface area contributed by atoms with Crippen molar-refractivity contribution >= 4 is 75.4 Å². The van der Waals surface area contributed by atoms with Crippen LogP contribution in [-0.2, 0) is 0 Å². The van der Waals surface area contributed by atoms with Gasteiger partial charge < -0.3 is 8.98 Å². The second kappa shape index (κ2) is 9.36. The van der Waals surface area contributed by atoms with Crippen LogP contribution in [0.15, 0.2) is 144 Å². The molecule has 45 heavy (non-hydrogen) atoms. The van der Waals surface area contributed by atoms with Crippen molar-refractivity contribution in [2.24, 2.45) is 0 Å². The molecular formula is C40H23N3OS. The maximum Gasteiger partial charge on any atom is 0.160 e. The molecule has 0 N–H and O–H groups in total. The summed E-state index contributed by atoms with van der Waals surface area (Å²) in [4.78, 5) is 10.5. The minimum absolute atomic E-state index is 0.725. The molecule has 0 fully saturated rings. The van der Waals surface area contributed by atoms with E-state index in [-0.39, 0.29) is 0 Å². The molecule has 4 nitrogen and oxygen atoms in total. The molecule has 0 amide bonds. The predicted octanol–water partition coefficient (Wildman–Crippen LogP) is 11.2. The number of furan rings is 1. The fourth-order valence-electron chi connectivity index (χ4n) is 6.85. The minimum atomic E-state index is 0.725. The largest absolute Gasteiger partial charge is 0.455 e. The molecule has 0 radical (unpaired) electrons. The molecule has 10 aromatic rings. The van der Waals surface area contributed by atoms with Gasteiger partial charge in [-0.05, 0) is 36.4 Å². The molecule has 0 saturated heterocycles. The van der Waals surface area contributed by atoms with Gasteiger partial charge in [-0.2, -0.15) is 0 Å². The molecule has 0 atom stereocenters. The summed E-state index contributed by atoms with van der Waals surface area (Å²) in [6.07, 6.45) is 0. The number of nitrogens with zero attached hydrogens (tertiary/aromatic N) is 3. The Morgan fingerprint density at radius 2 is 1.29 bits per heavy atom. The van der Waals surface area contributed by atoms with Gasteiger partial charge in [0.05, 0.1) is 38.0 Å². The maximum atomic E-state index is 6.56. The quantitative estimate of drug-likeness (QED) is 0.205. The van der Waals surface area contributed by atoms with Gasteiger partial charge in [-0.15, -0.1) is 11.3 Å². The molecule has 0 aliphatic carbocycles. The zero-order chi connectivity index (χ0) is 29.5. The smallest absolute Gasteiger partial charge is 0.160 e. The van der Waals surface area contributed by atoms with Crippen molar-refractivity contribution < 1.29 is 4.42 Å². The Labute approximate surface area is 261 Å². The Balaban J connectivity index is 1.33. The van der Waals surface area contributed by atoms with Crippen LogP contribution in [0.25, 0.3) is 92.4 Å². The topological polar surface area (TPSA) is 43.9 Å². The lowest BCUT2D eigenvalue weighted by atomic mass is 10.1. The van der Waals surface area contributed by atoms with E-state index in [4.69, 9.17) is 14.4 Å². The van der Waals surface area contributed by atoms with Crippen LogP contribution in [0.1, 0.15) is 0 Å². The fraction of sp³-hybridized carbons (Fsp3) is 0. The molecule has 0 aliphatic rings. The second-order valence-corrected chi connectivity index (χ2v) is 12.4. The van der Waals surface area contributed by atoms with E-state index < -0.39 is 0 Å². The zero-order valence-electron chi connectivity index (χ0n) is 23.9. The first-order chi connectivity index (χ1) is 22.3. The molecule has 0 saturated carbocycles. The number of aromatic nitrogens is 3. The van der Waals surface area contributed by atoms with Gasteiger partial charge in [0.1, 0.15) is 11.2 Å². The summed E-state index contributed by atoms with van der Waals surface area (Å²) < 4.78 is 11.2. The number of fused-ring (bicyclic) bond motifs is 10. The van der Waals surface area contributed by atoms with Gasteiger partial charge >= 0.3 is 0 Å². The second-order valence-electron chi connectivity index (χ2n) is 11.3. The van der Waals surface area contributed by atoms with Crippen molar-refractivity contribution in [3.8, 4) is 28.3 Å². The molecule has 0 aliphatic heterocycles. The Bertz CT molecular complexity index is 2770. The van der Waals surface area contributed by atoms with Crippen molar-refractivity contribution in [3.05, 3.63) is 140 Å². The predicted molar refractivity (Wildman–Crippen MR) is 187 cm³/mol. The van der Waals surface area contributed by atoms with Gasteiger partial charge in [-0.25, -0.2) is 9.97 Å². The third-order valence-corrected chi connectivity index (χ3v) is 10.00. The van der Waals surface area contributed by atoms with Crippen LogP contribution in [0, 0.1) is 0 Å². The summed E-state index contributed by atoms with van der Waals surface area (Å²) in [6, 6.07) is 48.7. The summed E-state index contributed by atoms with van der Waals surface area (Å²) >= 11 is 1.76. The van der Waals surface area contributed by atoms with Crippen LogP contribution in [0.2, 0.25) is 0 Å². The molecule has 210 valence electrons. The SMILES string of the molecule is c1ccc(-c2nc(-c3ccccc3-n3c4ccccc4c4c5oc6ccccc6c5ccc43)c3sc4ccccc4c3n2)cc1. The Morgan fingerprint density at radius 3 is 2.20 bits per heavy atom. The van der Waals surface area contributed by atoms with E-state index in [0.717, 1.165) is 87.7 Å². The highest BCUT2D eigenvalue weighted by Gasteiger charge is 2.23. The molecule has 0 spiro atoms. The normalized spacial score (nSPS) is 12.0. The van der Waals surface area contributed by atoms with Crippen LogP contribution < -0.4 is 0 Å². The Morgan fingerprint density at radius 1 is 0.556 bits per heavy atom. The highest BCUT2D eigenvalue weighted by molar-refractivity contribution is 7.26. The highest BCUT2D eigenvalue weighted by Crippen LogP contribution is 2.44. The minimum Gasteiger partial charge on any atom is -0.455 e. The number of benzene rings is 6. The van der Waals surface area contributed by atoms with Crippen LogP contribution >= 0.6 is 11.3 Å². The van der Waals surface area contributed by atoms with Crippen molar-refractivity contribution in [3.63, 3.8) is 0 Å². The first-order valence-corrected chi connectivity index (χ1v) is 15.8. The number of hydrogen-bond donors (Lipinski definition) is 0. The Hall–Kier alpha value is -5.78. The number of thiophene rings is 1. The van der Waals surface area contributed by atoms with Gasteiger partial charge in [0, 0.05) is 37.4 Å². The highest BCUT2D eigenvalue weighted by atomic mass is 32.1. The van der Waals surface area contributed by atoms with Crippen LogP contribution in [-0.4, -0.2) is 14.5 Å². The fourth-order valence-corrected chi connectivity index (χ4v) is 8.00. The lowest BCUT2D eigenvalue weighted by molar-refractivity contribution is 0.673. The maximum absolute atomic E-state index is 6.56. The lowest BCUT2D eigenvalue weighted by Crippen LogP contribution is -2.00.